The predicted molar refractivity (Wildman–Crippen MR) is 114 cm³/mol. The van der Waals surface area contributed by atoms with Gasteiger partial charge in [0.25, 0.3) is 0 Å². The molecule has 0 spiro atoms. The van der Waals surface area contributed by atoms with Gasteiger partial charge in [-0.05, 0) is 67.0 Å². The van der Waals surface area contributed by atoms with E-state index in [2.05, 4.69) is 107 Å². The second-order valence-electron chi connectivity index (χ2n) is 7.42. The van der Waals surface area contributed by atoms with Gasteiger partial charge >= 0.3 is 0 Å². The highest BCUT2D eigenvalue weighted by Crippen LogP contribution is 2.33. The summed E-state index contributed by atoms with van der Waals surface area (Å²) in [6.45, 7) is 11.0. The van der Waals surface area contributed by atoms with Crippen LogP contribution in [0.3, 0.4) is 0 Å². The fourth-order valence-electron chi connectivity index (χ4n) is 3.76. The lowest BCUT2D eigenvalue weighted by Gasteiger charge is -2.18. The maximum Gasteiger partial charge on any atom is -0.000102 e. The zero-order chi connectivity index (χ0) is 18.7. The van der Waals surface area contributed by atoms with Crippen LogP contribution in [0.4, 0.5) is 0 Å². The van der Waals surface area contributed by atoms with Crippen molar-refractivity contribution < 1.29 is 0 Å². The lowest BCUT2D eigenvalue weighted by molar-refractivity contribution is 0.968. The van der Waals surface area contributed by atoms with E-state index in [4.69, 9.17) is 0 Å². The van der Waals surface area contributed by atoms with Crippen molar-refractivity contribution >= 4 is 5.57 Å². The Morgan fingerprint density at radius 2 is 1.31 bits per heavy atom. The van der Waals surface area contributed by atoms with E-state index >= 15 is 0 Å². The zero-order valence-corrected chi connectivity index (χ0v) is 16.5. The molecular formula is C26H28. The van der Waals surface area contributed by atoms with Crippen molar-refractivity contribution in [3.63, 3.8) is 0 Å². The van der Waals surface area contributed by atoms with Crippen LogP contribution >= 0.6 is 0 Å². The molecule has 0 aliphatic heterocycles. The first-order chi connectivity index (χ1) is 12.5. The molecule has 3 rings (SSSR count). The first kappa shape index (κ1) is 18.2. The molecule has 1 atom stereocenters. The van der Waals surface area contributed by atoms with Crippen LogP contribution in [-0.4, -0.2) is 0 Å². The quantitative estimate of drug-likeness (QED) is 0.473. The van der Waals surface area contributed by atoms with Crippen LogP contribution in [0.2, 0.25) is 0 Å². The molecule has 0 amide bonds. The maximum atomic E-state index is 2.42. The molecule has 3 aromatic rings. The van der Waals surface area contributed by atoms with Crippen molar-refractivity contribution in [1.82, 2.24) is 0 Å². The van der Waals surface area contributed by atoms with Gasteiger partial charge in [0.05, 0.1) is 0 Å². The van der Waals surface area contributed by atoms with Crippen LogP contribution in [0.5, 0.6) is 0 Å². The summed E-state index contributed by atoms with van der Waals surface area (Å²) in [7, 11) is 0. The Kier molecular flexibility index (Phi) is 5.42. The molecule has 0 saturated heterocycles. The largest absolute Gasteiger partial charge is 0.0688 e. The third-order valence-corrected chi connectivity index (χ3v) is 5.05. The summed E-state index contributed by atoms with van der Waals surface area (Å²) in [5.74, 6) is 0.354. The number of rotatable bonds is 4. The minimum Gasteiger partial charge on any atom is -0.0688 e. The topological polar surface area (TPSA) is 0 Å². The second-order valence-corrected chi connectivity index (χ2v) is 7.42. The van der Waals surface area contributed by atoms with Gasteiger partial charge in [-0.15, -0.1) is 0 Å². The fraction of sp³-hybridized carbons (Fsp3) is 0.231. The molecule has 0 fully saturated rings. The van der Waals surface area contributed by atoms with Gasteiger partial charge in [-0.3, -0.25) is 0 Å². The summed E-state index contributed by atoms with van der Waals surface area (Å²) in [5, 5.41) is 0. The Hall–Kier alpha value is -2.60. The molecule has 0 aliphatic rings. The van der Waals surface area contributed by atoms with E-state index in [1.165, 1.54) is 44.5 Å². The first-order valence-corrected chi connectivity index (χ1v) is 9.37. The first-order valence-electron chi connectivity index (χ1n) is 9.37. The molecule has 26 heavy (non-hydrogen) atoms. The fourth-order valence-corrected chi connectivity index (χ4v) is 3.76. The van der Waals surface area contributed by atoms with Crippen molar-refractivity contribution in [3.05, 3.63) is 112 Å². The molecule has 1 unspecified atom stereocenters. The van der Waals surface area contributed by atoms with Gasteiger partial charge < -0.3 is 0 Å². The van der Waals surface area contributed by atoms with Crippen molar-refractivity contribution in [2.75, 3.05) is 0 Å². The Morgan fingerprint density at radius 3 is 1.88 bits per heavy atom. The summed E-state index contributed by atoms with van der Waals surface area (Å²) >= 11 is 0. The van der Waals surface area contributed by atoms with Gasteiger partial charge in [-0.25, -0.2) is 0 Å². The summed E-state index contributed by atoms with van der Waals surface area (Å²) in [6, 6.07) is 24.2. The molecule has 3 aromatic carbocycles. The second kappa shape index (κ2) is 7.74. The van der Waals surface area contributed by atoms with Crippen molar-refractivity contribution in [1.29, 1.82) is 0 Å². The summed E-state index contributed by atoms with van der Waals surface area (Å²) in [6.07, 6.45) is 2.42. The van der Waals surface area contributed by atoms with Crippen LogP contribution in [0, 0.1) is 27.7 Å². The van der Waals surface area contributed by atoms with E-state index in [1.807, 2.05) is 0 Å². The number of aryl methyl sites for hydroxylation is 4. The lowest BCUT2D eigenvalue weighted by atomic mass is 9.86. The highest BCUT2D eigenvalue weighted by Gasteiger charge is 2.14. The number of allylic oxidation sites excluding steroid dienone is 1. The molecule has 132 valence electrons. The standard InChI is InChI=1S/C26H28/c1-18-11-13-24(14-12-18)25(17-20(3)23-9-7-6-8-10-23)26-21(4)15-19(2)16-22(26)5/h6-17,20H,1-5H3/b25-17+. The van der Waals surface area contributed by atoms with Crippen LogP contribution in [0.25, 0.3) is 5.57 Å². The molecular weight excluding hydrogens is 312 g/mol. The van der Waals surface area contributed by atoms with Gasteiger partial charge in [0, 0.05) is 0 Å². The van der Waals surface area contributed by atoms with E-state index in [-0.39, 0.29) is 0 Å². The summed E-state index contributed by atoms with van der Waals surface area (Å²) < 4.78 is 0. The van der Waals surface area contributed by atoms with Crippen molar-refractivity contribution in [3.8, 4) is 0 Å². The van der Waals surface area contributed by atoms with Crippen LogP contribution in [0.1, 0.15) is 51.8 Å². The SMILES string of the molecule is Cc1ccc(/C(=C\C(C)c2ccccc2)c2c(C)cc(C)cc2C)cc1. The minimum atomic E-state index is 0.354. The van der Waals surface area contributed by atoms with Crippen molar-refractivity contribution in [2.24, 2.45) is 0 Å². The normalized spacial score (nSPS) is 12.9. The Balaban J connectivity index is 2.17. The number of hydrogen-bond acceptors (Lipinski definition) is 0. The van der Waals surface area contributed by atoms with Gasteiger partial charge in [0.2, 0.25) is 0 Å². The average molecular weight is 341 g/mol. The highest BCUT2D eigenvalue weighted by atomic mass is 14.2. The molecule has 0 bridgehead atoms. The third-order valence-electron chi connectivity index (χ3n) is 5.05. The Labute approximate surface area is 158 Å². The van der Waals surface area contributed by atoms with E-state index in [0.29, 0.717) is 5.92 Å². The molecule has 0 radical (unpaired) electrons. The van der Waals surface area contributed by atoms with Gasteiger partial charge in [0.15, 0.2) is 0 Å². The molecule has 0 saturated carbocycles. The average Bonchev–Trinajstić information content (AvgIpc) is 2.61. The van der Waals surface area contributed by atoms with E-state index in [9.17, 15) is 0 Å². The molecule has 0 aromatic heterocycles. The summed E-state index contributed by atoms with van der Waals surface area (Å²) in [4.78, 5) is 0. The van der Waals surface area contributed by atoms with Gasteiger partial charge in [-0.1, -0.05) is 90.9 Å². The van der Waals surface area contributed by atoms with E-state index in [1.54, 1.807) is 0 Å². The monoisotopic (exact) mass is 340 g/mol. The molecule has 0 heterocycles. The van der Waals surface area contributed by atoms with E-state index < -0.39 is 0 Å². The maximum absolute atomic E-state index is 2.42. The summed E-state index contributed by atoms with van der Waals surface area (Å²) in [5.41, 5.74) is 10.6. The zero-order valence-electron chi connectivity index (χ0n) is 16.5. The molecule has 0 nitrogen and oxygen atoms in total. The Morgan fingerprint density at radius 1 is 0.731 bits per heavy atom. The van der Waals surface area contributed by atoms with Crippen LogP contribution in [-0.2, 0) is 0 Å². The number of hydrogen-bond donors (Lipinski definition) is 0. The molecule has 0 N–H and O–H groups in total. The highest BCUT2D eigenvalue weighted by molar-refractivity contribution is 5.83. The minimum absolute atomic E-state index is 0.354. The number of benzene rings is 3. The molecule has 0 aliphatic carbocycles. The van der Waals surface area contributed by atoms with E-state index in [0.717, 1.165) is 0 Å². The third kappa shape index (κ3) is 3.96. The Bertz CT molecular complexity index is 889. The van der Waals surface area contributed by atoms with Crippen LogP contribution in [0.15, 0.2) is 72.8 Å². The molecule has 0 heteroatoms. The van der Waals surface area contributed by atoms with Crippen molar-refractivity contribution in [2.45, 2.75) is 40.5 Å². The smallest absolute Gasteiger partial charge is 0.000102 e. The lowest BCUT2D eigenvalue weighted by Crippen LogP contribution is -1.99. The predicted octanol–water partition coefficient (Wildman–Crippen LogP) is 7.16. The van der Waals surface area contributed by atoms with Crippen LogP contribution < -0.4 is 0 Å². The van der Waals surface area contributed by atoms with Gasteiger partial charge in [0.1, 0.15) is 0 Å². The van der Waals surface area contributed by atoms with Gasteiger partial charge in [-0.2, -0.15) is 0 Å².